The summed E-state index contributed by atoms with van der Waals surface area (Å²) in [7, 11) is 0. The van der Waals surface area contributed by atoms with E-state index in [-0.39, 0.29) is 6.10 Å². The highest BCUT2D eigenvalue weighted by Gasteiger charge is 2.41. The Morgan fingerprint density at radius 3 is 3.12 bits per heavy atom. The monoisotopic (exact) mass is 331 g/mol. The summed E-state index contributed by atoms with van der Waals surface area (Å²) < 4.78 is 11.7. The number of ether oxygens (including phenoxy) is 2. The maximum atomic E-state index is 10.4. The van der Waals surface area contributed by atoms with Crippen molar-refractivity contribution in [2.75, 3.05) is 39.5 Å². The molecule has 4 nitrogen and oxygen atoms in total. The first-order chi connectivity index (χ1) is 11.7. The number of rotatable bonds is 5. The molecule has 2 fully saturated rings. The van der Waals surface area contributed by atoms with Crippen LogP contribution in [-0.4, -0.2) is 55.6 Å². The summed E-state index contributed by atoms with van der Waals surface area (Å²) in [5.74, 6) is 0. The van der Waals surface area contributed by atoms with Crippen LogP contribution in [-0.2, 0) is 15.9 Å². The molecule has 0 saturated carbocycles. The molecule has 1 aromatic rings. The van der Waals surface area contributed by atoms with Crippen LogP contribution in [0.25, 0.3) is 0 Å². The maximum absolute atomic E-state index is 10.4. The van der Waals surface area contributed by atoms with Gasteiger partial charge >= 0.3 is 0 Å². The van der Waals surface area contributed by atoms with Gasteiger partial charge < -0.3 is 19.5 Å². The van der Waals surface area contributed by atoms with Gasteiger partial charge in [0.15, 0.2) is 0 Å². The molecule has 1 N–H and O–H groups in total. The lowest BCUT2D eigenvalue weighted by molar-refractivity contribution is -0.0270. The van der Waals surface area contributed by atoms with Crippen LogP contribution >= 0.6 is 0 Å². The van der Waals surface area contributed by atoms with Crippen molar-refractivity contribution in [3.8, 4) is 0 Å². The van der Waals surface area contributed by atoms with Crippen LogP contribution in [0.3, 0.4) is 0 Å². The second-order valence-corrected chi connectivity index (χ2v) is 7.85. The summed E-state index contributed by atoms with van der Waals surface area (Å²) in [4.78, 5) is 2.39. The van der Waals surface area contributed by atoms with E-state index in [1.807, 2.05) is 0 Å². The Hall–Kier alpha value is -0.940. The Balaban J connectivity index is 1.26. The predicted octanol–water partition coefficient (Wildman–Crippen LogP) is 2.55. The summed E-state index contributed by atoms with van der Waals surface area (Å²) in [5.41, 5.74) is 3.09. The first-order valence-corrected chi connectivity index (χ1v) is 9.42. The van der Waals surface area contributed by atoms with Gasteiger partial charge in [-0.1, -0.05) is 24.3 Å². The lowest BCUT2D eigenvalue weighted by Gasteiger charge is -2.28. The molecule has 1 spiro atoms. The molecule has 4 heteroatoms. The van der Waals surface area contributed by atoms with E-state index in [0.717, 1.165) is 45.7 Å². The van der Waals surface area contributed by atoms with Gasteiger partial charge in [-0.05, 0) is 49.8 Å². The van der Waals surface area contributed by atoms with Gasteiger partial charge in [0.1, 0.15) is 0 Å². The zero-order valence-electron chi connectivity index (χ0n) is 14.5. The smallest absolute Gasteiger partial charge is 0.0900 e. The molecule has 4 rings (SSSR count). The molecular weight excluding hydrogens is 302 g/mol. The van der Waals surface area contributed by atoms with Crippen LogP contribution in [0.5, 0.6) is 0 Å². The highest BCUT2D eigenvalue weighted by Crippen LogP contribution is 2.38. The molecule has 2 saturated heterocycles. The first-order valence-electron chi connectivity index (χ1n) is 9.42. The minimum atomic E-state index is -0.406. The zero-order valence-corrected chi connectivity index (χ0v) is 14.5. The molecule has 3 atom stereocenters. The quantitative estimate of drug-likeness (QED) is 0.900. The van der Waals surface area contributed by atoms with Gasteiger partial charge in [0.25, 0.3) is 0 Å². The minimum Gasteiger partial charge on any atom is -0.389 e. The number of benzene rings is 1. The zero-order chi connectivity index (χ0) is 16.4. The van der Waals surface area contributed by atoms with E-state index in [2.05, 4.69) is 29.2 Å². The number of β-amino-alcohol motifs (C(OH)–C–C–N with tert-alkyl or cyclic N) is 1. The standard InChI is InChI=1S/C20H29NO3/c22-17(12-21-10-8-20(14-21)9-11-23-15-20)13-24-19-7-3-5-16-4-1-2-6-18(16)19/h1-2,4,6,17,19,22H,3,5,7-15H2. The average Bonchev–Trinajstić information content (AvgIpc) is 3.23. The van der Waals surface area contributed by atoms with Gasteiger partial charge in [-0.3, -0.25) is 0 Å². The number of fused-ring (bicyclic) bond motifs is 1. The van der Waals surface area contributed by atoms with Crippen LogP contribution in [0.2, 0.25) is 0 Å². The number of hydrogen-bond acceptors (Lipinski definition) is 4. The van der Waals surface area contributed by atoms with Crippen molar-refractivity contribution in [3.05, 3.63) is 35.4 Å². The second kappa shape index (κ2) is 7.12. The molecule has 0 bridgehead atoms. The third-order valence-electron chi connectivity index (χ3n) is 5.98. The molecule has 2 heterocycles. The normalized spacial score (nSPS) is 31.5. The number of aliphatic hydroxyl groups excluding tert-OH is 1. The molecule has 3 aliphatic rings. The van der Waals surface area contributed by atoms with Gasteiger partial charge in [0.05, 0.1) is 25.4 Å². The molecule has 0 radical (unpaired) electrons. The van der Waals surface area contributed by atoms with E-state index < -0.39 is 6.10 Å². The van der Waals surface area contributed by atoms with Gasteiger partial charge in [-0.25, -0.2) is 0 Å². The largest absolute Gasteiger partial charge is 0.389 e. The third-order valence-corrected chi connectivity index (χ3v) is 5.98. The summed E-state index contributed by atoms with van der Waals surface area (Å²) in [6.45, 7) is 5.09. The van der Waals surface area contributed by atoms with Crippen LogP contribution < -0.4 is 0 Å². The summed E-state index contributed by atoms with van der Waals surface area (Å²) in [5, 5.41) is 10.4. The van der Waals surface area contributed by atoms with E-state index in [1.165, 1.54) is 30.4 Å². The van der Waals surface area contributed by atoms with Gasteiger partial charge in [0.2, 0.25) is 0 Å². The molecule has 1 aliphatic carbocycles. The number of aryl methyl sites for hydroxylation is 1. The molecule has 0 aromatic heterocycles. The topological polar surface area (TPSA) is 41.9 Å². The fourth-order valence-corrected chi connectivity index (χ4v) is 4.62. The van der Waals surface area contributed by atoms with Gasteiger partial charge in [0, 0.05) is 25.1 Å². The fourth-order valence-electron chi connectivity index (χ4n) is 4.62. The van der Waals surface area contributed by atoms with Gasteiger partial charge in [-0.2, -0.15) is 0 Å². The predicted molar refractivity (Wildman–Crippen MR) is 93.0 cm³/mol. The van der Waals surface area contributed by atoms with Crippen molar-refractivity contribution in [3.63, 3.8) is 0 Å². The van der Waals surface area contributed by atoms with E-state index >= 15 is 0 Å². The Morgan fingerprint density at radius 2 is 2.25 bits per heavy atom. The molecule has 0 amide bonds. The van der Waals surface area contributed by atoms with Crippen molar-refractivity contribution in [1.29, 1.82) is 0 Å². The highest BCUT2D eigenvalue weighted by molar-refractivity contribution is 5.31. The van der Waals surface area contributed by atoms with Gasteiger partial charge in [-0.15, -0.1) is 0 Å². The Kier molecular flexibility index (Phi) is 4.90. The Morgan fingerprint density at radius 1 is 1.33 bits per heavy atom. The van der Waals surface area contributed by atoms with Crippen molar-refractivity contribution in [2.45, 2.75) is 44.3 Å². The lowest BCUT2D eigenvalue weighted by atomic mass is 9.87. The van der Waals surface area contributed by atoms with Crippen LogP contribution in [0.1, 0.15) is 42.9 Å². The minimum absolute atomic E-state index is 0.151. The summed E-state index contributed by atoms with van der Waals surface area (Å²) in [6.07, 6.45) is 5.51. The van der Waals surface area contributed by atoms with Crippen LogP contribution in [0.4, 0.5) is 0 Å². The number of hydrogen-bond donors (Lipinski definition) is 1. The molecule has 24 heavy (non-hydrogen) atoms. The summed E-state index contributed by atoms with van der Waals surface area (Å²) in [6, 6.07) is 8.57. The maximum Gasteiger partial charge on any atom is 0.0900 e. The SMILES string of the molecule is OC(COC1CCCc2ccccc21)CN1CCC2(CCOC2)C1. The number of aliphatic hydroxyl groups is 1. The molecule has 132 valence electrons. The van der Waals surface area contributed by atoms with E-state index in [0.29, 0.717) is 12.0 Å². The van der Waals surface area contributed by atoms with E-state index in [4.69, 9.17) is 9.47 Å². The highest BCUT2D eigenvalue weighted by atomic mass is 16.5. The van der Waals surface area contributed by atoms with Crippen molar-refractivity contribution in [1.82, 2.24) is 4.90 Å². The van der Waals surface area contributed by atoms with Crippen LogP contribution in [0, 0.1) is 5.41 Å². The Bertz CT molecular complexity index is 556. The molecule has 3 unspecified atom stereocenters. The van der Waals surface area contributed by atoms with Crippen molar-refractivity contribution >= 4 is 0 Å². The molecular formula is C20H29NO3. The first kappa shape index (κ1) is 16.5. The van der Waals surface area contributed by atoms with E-state index in [1.54, 1.807) is 0 Å². The lowest BCUT2D eigenvalue weighted by Crippen LogP contribution is -2.36. The molecule has 1 aromatic carbocycles. The average molecular weight is 331 g/mol. The molecule has 2 aliphatic heterocycles. The fraction of sp³-hybridized carbons (Fsp3) is 0.700. The van der Waals surface area contributed by atoms with Crippen molar-refractivity contribution < 1.29 is 14.6 Å². The second-order valence-electron chi connectivity index (χ2n) is 7.85. The number of likely N-dealkylation sites (tertiary alicyclic amines) is 1. The van der Waals surface area contributed by atoms with Crippen LogP contribution in [0.15, 0.2) is 24.3 Å². The Labute approximate surface area is 144 Å². The number of nitrogens with zero attached hydrogens (tertiary/aromatic N) is 1. The third kappa shape index (κ3) is 3.52. The van der Waals surface area contributed by atoms with Crippen molar-refractivity contribution in [2.24, 2.45) is 5.41 Å². The van der Waals surface area contributed by atoms with E-state index in [9.17, 15) is 5.11 Å². The summed E-state index contributed by atoms with van der Waals surface area (Å²) >= 11 is 0.